The highest BCUT2D eigenvalue weighted by Gasteiger charge is 2.35. The van der Waals surface area contributed by atoms with Gasteiger partial charge in [-0.1, -0.05) is 38.5 Å². The normalized spacial score (nSPS) is 19.4. The molecule has 0 aliphatic heterocycles. The molecule has 0 aromatic heterocycles. The van der Waals surface area contributed by atoms with Crippen molar-refractivity contribution < 1.29 is 19.2 Å². The van der Waals surface area contributed by atoms with E-state index in [9.17, 15) is 19.2 Å². The third-order valence-corrected chi connectivity index (χ3v) is 4.90. The van der Waals surface area contributed by atoms with E-state index in [1.807, 2.05) is 0 Å². The first kappa shape index (κ1) is 18.4. The van der Waals surface area contributed by atoms with Crippen LogP contribution < -0.4 is 16.7 Å². The van der Waals surface area contributed by atoms with E-state index in [1.165, 1.54) is 0 Å². The van der Waals surface area contributed by atoms with Gasteiger partial charge >= 0.3 is 11.8 Å². The van der Waals surface area contributed by atoms with Crippen molar-refractivity contribution in [2.75, 3.05) is 0 Å². The molecule has 4 N–H and O–H groups in total. The Labute approximate surface area is 141 Å². The summed E-state index contributed by atoms with van der Waals surface area (Å²) < 4.78 is 0. The fraction of sp³-hybridized carbons (Fsp3) is 0.750. The van der Waals surface area contributed by atoms with Gasteiger partial charge in [-0.25, -0.2) is 5.84 Å². The summed E-state index contributed by atoms with van der Waals surface area (Å²) in [5, 5.41) is 0.578. The first-order valence-electron chi connectivity index (χ1n) is 8.74. The van der Waals surface area contributed by atoms with E-state index in [0.29, 0.717) is 17.9 Å². The van der Waals surface area contributed by atoms with E-state index >= 15 is 0 Å². The van der Waals surface area contributed by atoms with Crippen molar-refractivity contribution in [3.05, 3.63) is 0 Å². The average Bonchev–Trinajstić information content (AvgIpc) is 2.65. The first-order valence-corrected chi connectivity index (χ1v) is 8.74. The molecule has 0 bridgehead atoms. The molecule has 0 radical (unpaired) electrons. The Balaban J connectivity index is 2.09. The Morgan fingerprint density at radius 2 is 1.29 bits per heavy atom. The minimum Gasteiger partial charge on any atom is -0.286 e. The molecule has 0 unspecified atom stereocenters. The fourth-order valence-electron chi connectivity index (χ4n) is 3.47. The second-order valence-electron chi connectivity index (χ2n) is 6.60. The van der Waals surface area contributed by atoms with Crippen molar-refractivity contribution in [1.82, 2.24) is 15.9 Å². The third-order valence-electron chi connectivity index (χ3n) is 4.90. The maximum absolute atomic E-state index is 12.6. The standard InChI is InChI=1S/C16H26N4O4/c17-18-14(22)16(24)20(15(23)12-9-5-2-6-10-12)19-13(21)11-7-3-1-4-8-11/h11-12H,1-10,17H2,(H,18,22)(H,19,21). The van der Waals surface area contributed by atoms with Crippen molar-refractivity contribution in [2.45, 2.75) is 64.2 Å². The van der Waals surface area contributed by atoms with Crippen molar-refractivity contribution in [2.24, 2.45) is 17.7 Å². The average molecular weight is 338 g/mol. The molecule has 4 amide bonds. The number of carbonyl (C=O) groups excluding carboxylic acids is 4. The first-order chi connectivity index (χ1) is 11.5. The zero-order valence-electron chi connectivity index (χ0n) is 13.9. The predicted molar refractivity (Wildman–Crippen MR) is 85.5 cm³/mol. The van der Waals surface area contributed by atoms with Crippen LogP contribution in [0.2, 0.25) is 0 Å². The molecule has 0 atom stereocenters. The lowest BCUT2D eigenvalue weighted by molar-refractivity contribution is -0.161. The van der Waals surface area contributed by atoms with Crippen LogP contribution in [0, 0.1) is 11.8 Å². The number of nitrogens with two attached hydrogens (primary N) is 1. The third kappa shape index (κ3) is 4.53. The largest absolute Gasteiger partial charge is 0.338 e. The summed E-state index contributed by atoms with van der Waals surface area (Å²) in [5.41, 5.74) is 4.10. The van der Waals surface area contributed by atoms with Gasteiger partial charge in [0.2, 0.25) is 5.91 Å². The SMILES string of the molecule is NNC(=O)C(=O)N(NC(=O)C1CCCCC1)C(=O)C1CCCCC1. The molecule has 134 valence electrons. The van der Waals surface area contributed by atoms with Gasteiger partial charge in [-0.05, 0) is 25.7 Å². The quantitative estimate of drug-likeness (QED) is 0.293. The summed E-state index contributed by atoms with van der Waals surface area (Å²) in [7, 11) is 0. The molecule has 0 aromatic carbocycles. The van der Waals surface area contributed by atoms with Gasteiger partial charge in [0.1, 0.15) is 0 Å². The van der Waals surface area contributed by atoms with Crippen LogP contribution >= 0.6 is 0 Å². The second-order valence-corrected chi connectivity index (χ2v) is 6.60. The molecule has 0 spiro atoms. The van der Waals surface area contributed by atoms with E-state index in [-0.39, 0.29) is 17.7 Å². The van der Waals surface area contributed by atoms with Crippen molar-refractivity contribution in [1.29, 1.82) is 0 Å². The monoisotopic (exact) mass is 338 g/mol. The Kier molecular flexibility index (Phi) is 6.72. The van der Waals surface area contributed by atoms with Crippen LogP contribution in [0.5, 0.6) is 0 Å². The molecule has 8 nitrogen and oxygen atoms in total. The highest BCUT2D eigenvalue weighted by atomic mass is 16.2. The minimum atomic E-state index is -1.14. The van der Waals surface area contributed by atoms with Crippen LogP contribution in [-0.2, 0) is 19.2 Å². The molecule has 2 rings (SSSR count). The number of rotatable bonds is 2. The van der Waals surface area contributed by atoms with Crippen molar-refractivity contribution in [3.8, 4) is 0 Å². The summed E-state index contributed by atoms with van der Waals surface area (Å²) >= 11 is 0. The number of nitrogens with zero attached hydrogens (tertiary/aromatic N) is 1. The van der Waals surface area contributed by atoms with Crippen LogP contribution in [-0.4, -0.2) is 28.6 Å². The van der Waals surface area contributed by atoms with Gasteiger partial charge in [0.25, 0.3) is 5.91 Å². The van der Waals surface area contributed by atoms with Crippen LogP contribution in [0.1, 0.15) is 64.2 Å². The number of carbonyl (C=O) groups is 4. The van der Waals surface area contributed by atoms with E-state index < -0.39 is 17.7 Å². The van der Waals surface area contributed by atoms with Crippen molar-refractivity contribution >= 4 is 23.6 Å². The molecule has 0 heterocycles. The van der Waals surface area contributed by atoms with E-state index in [4.69, 9.17) is 5.84 Å². The summed E-state index contributed by atoms with van der Waals surface area (Å²) in [4.78, 5) is 48.8. The molecule has 2 saturated carbocycles. The fourth-order valence-corrected chi connectivity index (χ4v) is 3.47. The van der Waals surface area contributed by atoms with E-state index in [1.54, 1.807) is 5.43 Å². The van der Waals surface area contributed by atoms with Gasteiger partial charge in [0, 0.05) is 11.8 Å². The predicted octanol–water partition coefficient (Wildman–Crippen LogP) is 0.523. The van der Waals surface area contributed by atoms with Gasteiger partial charge in [0.15, 0.2) is 0 Å². The summed E-state index contributed by atoms with van der Waals surface area (Å²) in [5.74, 6) is 1.25. The Bertz CT molecular complexity index is 496. The molecule has 8 heteroatoms. The van der Waals surface area contributed by atoms with Crippen LogP contribution in [0.4, 0.5) is 0 Å². The van der Waals surface area contributed by atoms with Gasteiger partial charge in [0.05, 0.1) is 0 Å². The molecule has 0 aromatic rings. The lowest BCUT2D eigenvalue weighted by Crippen LogP contribution is -2.58. The highest BCUT2D eigenvalue weighted by Crippen LogP contribution is 2.26. The molecule has 0 saturated heterocycles. The van der Waals surface area contributed by atoms with Gasteiger partial charge < -0.3 is 0 Å². The van der Waals surface area contributed by atoms with Gasteiger partial charge in [-0.15, -0.1) is 0 Å². The number of hydrazine groups is 2. The van der Waals surface area contributed by atoms with Gasteiger partial charge in [-0.3, -0.25) is 30.0 Å². The van der Waals surface area contributed by atoms with Gasteiger partial charge in [-0.2, -0.15) is 5.01 Å². The lowest BCUT2D eigenvalue weighted by atomic mass is 9.88. The molecule has 24 heavy (non-hydrogen) atoms. The van der Waals surface area contributed by atoms with Crippen LogP contribution in [0.3, 0.4) is 0 Å². The van der Waals surface area contributed by atoms with Crippen LogP contribution in [0.15, 0.2) is 0 Å². The number of hydrogen-bond donors (Lipinski definition) is 3. The zero-order chi connectivity index (χ0) is 17.5. The van der Waals surface area contributed by atoms with Crippen LogP contribution in [0.25, 0.3) is 0 Å². The number of nitrogens with one attached hydrogen (secondary N) is 2. The number of hydrogen-bond acceptors (Lipinski definition) is 5. The zero-order valence-corrected chi connectivity index (χ0v) is 13.9. The molecular formula is C16H26N4O4. The number of amides is 4. The Morgan fingerprint density at radius 3 is 1.79 bits per heavy atom. The maximum atomic E-state index is 12.6. The minimum absolute atomic E-state index is 0.228. The summed E-state index contributed by atoms with van der Waals surface area (Å²) in [6.45, 7) is 0. The number of imide groups is 1. The molecule has 2 aliphatic carbocycles. The molecular weight excluding hydrogens is 312 g/mol. The Morgan fingerprint density at radius 1 is 0.792 bits per heavy atom. The highest BCUT2D eigenvalue weighted by molar-refractivity contribution is 6.37. The Hall–Kier alpha value is -1.96. The second kappa shape index (κ2) is 8.77. The maximum Gasteiger partial charge on any atom is 0.338 e. The van der Waals surface area contributed by atoms with Crippen molar-refractivity contribution in [3.63, 3.8) is 0 Å². The molecule has 2 aliphatic rings. The smallest absolute Gasteiger partial charge is 0.286 e. The summed E-state index contributed by atoms with van der Waals surface area (Å²) in [6, 6.07) is 0. The molecule has 2 fully saturated rings. The lowest BCUT2D eigenvalue weighted by Gasteiger charge is -2.29. The summed E-state index contributed by atoms with van der Waals surface area (Å²) in [6.07, 6.45) is 8.62. The topological polar surface area (TPSA) is 122 Å². The van der Waals surface area contributed by atoms with E-state index in [2.05, 4.69) is 5.43 Å². The van der Waals surface area contributed by atoms with E-state index in [0.717, 1.165) is 51.4 Å².